The molecule has 2 unspecified atom stereocenters. The zero-order valence-electron chi connectivity index (χ0n) is 13.3. The van der Waals surface area contributed by atoms with Crippen molar-refractivity contribution in [2.45, 2.75) is 58.5 Å². The van der Waals surface area contributed by atoms with Crippen LogP contribution >= 0.6 is 0 Å². The van der Waals surface area contributed by atoms with Crippen molar-refractivity contribution in [1.29, 1.82) is 0 Å². The molecule has 0 radical (unpaired) electrons. The minimum Gasteiger partial charge on any atom is -0.329 e. The minimum atomic E-state index is 0.192. The number of hydrogen-bond donors (Lipinski definition) is 1. The number of rotatable bonds is 6. The number of nitrogens with two attached hydrogens (primary N) is 1. The molecule has 3 heteroatoms. The van der Waals surface area contributed by atoms with Crippen LogP contribution < -0.4 is 5.73 Å². The van der Waals surface area contributed by atoms with Crippen LogP contribution in [0.1, 0.15) is 47.0 Å². The number of nitrogens with zero attached hydrogens (tertiary/aromatic N) is 2. The molecule has 1 rings (SSSR count). The average molecular weight is 255 g/mol. The van der Waals surface area contributed by atoms with E-state index in [4.69, 9.17) is 5.73 Å². The Balaban J connectivity index is 2.97. The summed E-state index contributed by atoms with van der Waals surface area (Å²) in [5.41, 5.74) is 6.76. The van der Waals surface area contributed by atoms with Gasteiger partial charge in [0.1, 0.15) is 0 Å². The fourth-order valence-corrected chi connectivity index (χ4v) is 4.09. The van der Waals surface area contributed by atoms with Crippen molar-refractivity contribution in [2.24, 2.45) is 11.1 Å². The van der Waals surface area contributed by atoms with E-state index in [-0.39, 0.29) is 5.54 Å². The maximum atomic E-state index is 6.23. The Bertz CT molecular complexity index is 262. The van der Waals surface area contributed by atoms with Gasteiger partial charge in [-0.15, -0.1) is 0 Å². The Hall–Kier alpha value is -0.120. The van der Waals surface area contributed by atoms with Crippen molar-refractivity contribution in [3.8, 4) is 0 Å². The van der Waals surface area contributed by atoms with Gasteiger partial charge >= 0.3 is 0 Å². The van der Waals surface area contributed by atoms with E-state index in [0.29, 0.717) is 11.5 Å². The Morgan fingerprint density at radius 2 is 1.83 bits per heavy atom. The molecular formula is C15H33N3. The van der Waals surface area contributed by atoms with Gasteiger partial charge in [0, 0.05) is 24.7 Å². The van der Waals surface area contributed by atoms with Crippen LogP contribution in [0.5, 0.6) is 0 Å². The van der Waals surface area contributed by atoms with E-state index in [9.17, 15) is 0 Å². The van der Waals surface area contributed by atoms with E-state index < -0.39 is 0 Å². The lowest BCUT2D eigenvalue weighted by atomic mass is 9.73. The molecule has 18 heavy (non-hydrogen) atoms. The van der Waals surface area contributed by atoms with E-state index in [1.165, 1.54) is 19.3 Å². The normalized spacial score (nSPS) is 29.2. The highest BCUT2D eigenvalue weighted by Gasteiger charge is 2.52. The van der Waals surface area contributed by atoms with E-state index in [1.54, 1.807) is 0 Å². The van der Waals surface area contributed by atoms with Crippen molar-refractivity contribution in [3.63, 3.8) is 0 Å². The van der Waals surface area contributed by atoms with Crippen molar-refractivity contribution in [1.82, 2.24) is 9.80 Å². The van der Waals surface area contributed by atoms with Crippen molar-refractivity contribution < 1.29 is 0 Å². The molecule has 0 saturated heterocycles. The zero-order chi connectivity index (χ0) is 14.0. The Labute approximate surface area is 114 Å². The molecule has 1 aliphatic rings. The first-order valence-electron chi connectivity index (χ1n) is 7.42. The Morgan fingerprint density at radius 1 is 1.22 bits per heavy atom. The zero-order valence-corrected chi connectivity index (χ0v) is 13.3. The summed E-state index contributed by atoms with van der Waals surface area (Å²) in [5, 5.41) is 0. The monoisotopic (exact) mass is 255 g/mol. The molecule has 2 N–H and O–H groups in total. The third-order valence-corrected chi connectivity index (χ3v) is 5.04. The van der Waals surface area contributed by atoms with Gasteiger partial charge in [0.15, 0.2) is 0 Å². The summed E-state index contributed by atoms with van der Waals surface area (Å²) in [5.74, 6) is 0. The van der Waals surface area contributed by atoms with Crippen LogP contribution in [0.2, 0.25) is 0 Å². The molecule has 1 saturated carbocycles. The highest BCUT2D eigenvalue weighted by atomic mass is 15.3. The highest BCUT2D eigenvalue weighted by Crippen LogP contribution is 2.49. The van der Waals surface area contributed by atoms with Gasteiger partial charge in [0.05, 0.1) is 0 Å². The third-order valence-electron chi connectivity index (χ3n) is 5.04. The van der Waals surface area contributed by atoms with Crippen LogP contribution in [0.25, 0.3) is 0 Å². The highest BCUT2D eigenvalue weighted by molar-refractivity contribution is 5.08. The lowest BCUT2D eigenvalue weighted by Gasteiger charge is -2.52. The van der Waals surface area contributed by atoms with Gasteiger partial charge < -0.3 is 10.6 Å². The summed E-state index contributed by atoms with van der Waals surface area (Å²) >= 11 is 0. The quantitative estimate of drug-likeness (QED) is 0.789. The third kappa shape index (κ3) is 2.73. The largest absolute Gasteiger partial charge is 0.329 e. The molecule has 2 atom stereocenters. The fourth-order valence-electron chi connectivity index (χ4n) is 4.09. The average Bonchev–Trinajstić information content (AvgIpc) is 2.55. The van der Waals surface area contributed by atoms with E-state index in [1.807, 2.05) is 0 Å². The van der Waals surface area contributed by atoms with Crippen LogP contribution in [-0.4, -0.2) is 55.1 Å². The first kappa shape index (κ1) is 15.9. The molecule has 1 fully saturated rings. The second kappa shape index (κ2) is 5.89. The van der Waals surface area contributed by atoms with E-state index in [2.05, 4.69) is 51.6 Å². The smallest absolute Gasteiger partial charge is 0.0385 e. The van der Waals surface area contributed by atoms with E-state index >= 15 is 0 Å². The predicted molar refractivity (Wildman–Crippen MR) is 79.8 cm³/mol. The molecule has 0 heterocycles. The summed E-state index contributed by atoms with van der Waals surface area (Å²) in [6.07, 6.45) is 3.87. The van der Waals surface area contributed by atoms with Gasteiger partial charge in [-0.3, -0.25) is 4.90 Å². The summed E-state index contributed by atoms with van der Waals surface area (Å²) in [4.78, 5) is 4.94. The fraction of sp³-hybridized carbons (Fsp3) is 1.00. The summed E-state index contributed by atoms with van der Waals surface area (Å²) in [7, 11) is 4.30. The molecule has 108 valence electrons. The van der Waals surface area contributed by atoms with Crippen molar-refractivity contribution in [3.05, 3.63) is 0 Å². The van der Waals surface area contributed by atoms with Crippen LogP contribution in [0.15, 0.2) is 0 Å². The van der Waals surface area contributed by atoms with Crippen molar-refractivity contribution >= 4 is 0 Å². The van der Waals surface area contributed by atoms with Crippen LogP contribution in [0.3, 0.4) is 0 Å². The van der Waals surface area contributed by atoms with E-state index in [0.717, 1.165) is 19.6 Å². The molecule has 0 aromatic rings. The van der Waals surface area contributed by atoms with Gasteiger partial charge in [-0.2, -0.15) is 0 Å². The first-order chi connectivity index (χ1) is 8.30. The Morgan fingerprint density at radius 3 is 2.17 bits per heavy atom. The van der Waals surface area contributed by atoms with Crippen LogP contribution in [-0.2, 0) is 0 Å². The lowest BCUT2D eigenvalue weighted by molar-refractivity contribution is -0.0167. The molecule has 0 aromatic carbocycles. The van der Waals surface area contributed by atoms with Gasteiger partial charge in [-0.05, 0) is 45.8 Å². The maximum absolute atomic E-state index is 6.23. The second-order valence-corrected chi connectivity index (χ2v) is 6.87. The minimum absolute atomic E-state index is 0.192. The number of likely N-dealkylation sites (N-methyl/N-ethyl adjacent to an activating group) is 2. The van der Waals surface area contributed by atoms with Gasteiger partial charge in [-0.1, -0.05) is 27.2 Å². The molecule has 0 aliphatic heterocycles. The maximum Gasteiger partial charge on any atom is 0.0385 e. The molecule has 0 amide bonds. The number of hydrogen-bond acceptors (Lipinski definition) is 3. The SMILES string of the molecule is CCN(C(C)CN(C)C)C1(CN)CCCC1(C)C. The van der Waals surface area contributed by atoms with Crippen LogP contribution in [0.4, 0.5) is 0 Å². The van der Waals surface area contributed by atoms with Gasteiger partial charge in [-0.25, -0.2) is 0 Å². The molecular weight excluding hydrogens is 222 g/mol. The molecule has 1 aliphatic carbocycles. The standard InChI is InChI=1S/C15H33N3/c1-7-18(13(2)11-17(5)6)15(12-16)10-8-9-14(15,3)4/h13H,7-12,16H2,1-6H3. The predicted octanol–water partition coefficient (Wildman–Crippen LogP) is 2.17. The summed E-state index contributed by atoms with van der Waals surface area (Å²) in [6, 6.07) is 0.561. The van der Waals surface area contributed by atoms with Crippen molar-refractivity contribution in [2.75, 3.05) is 33.7 Å². The first-order valence-corrected chi connectivity index (χ1v) is 7.42. The molecule has 3 nitrogen and oxygen atoms in total. The summed E-state index contributed by atoms with van der Waals surface area (Å²) in [6.45, 7) is 12.4. The van der Waals surface area contributed by atoms with Gasteiger partial charge in [0.25, 0.3) is 0 Å². The molecule has 0 bridgehead atoms. The second-order valence-electron chi connectivity index (χ2n) is 6.87. The van der Waals surface area contributed by atoms with Crippen LogP contribution in [0, 0.1) is 5.41 Å². The molecule has 0 spiro atoms. The Kier molecular flexibility index (Phi) is 5.22. The summed E-state index contributed by atoms with van der Waals surface area (Å²) < 4.78 is 0. The van der Waals surface area contributed by atoms with Gasteiger partial charge in [0.2, 0.25) is 0 Å². The molecule has 0 aromatic heterocycles. The topological polar surface area (TPSA) is 32.5 Å². The lowest BCUT2D eigenvalue weighted by Crippen LogP contribution is -2.63.